The van der Waals surface area contributed by atoms with Gasteiger partial charge in [0, 0.05) is 17.1 Å². The zero-order valence-electron chi connectivity index (χ0n) is 11.9. The fourth-order valence-electron chi connectivity index (χ4n) is 3.02. The van der Waals surface area contributed by atoms with E-state index >= 15 is 0 Å². The van der Waals surface area contributed by atoms with Gasteiger partial charge in [0.2, 0.25) is 0 Å². The van der Waals surface area contributed by atoms with Crippen molar-refractivity contribution >= 4 is 21.5 Å². The molecule has 0 unspecified atom stereocenters. The van der Waals surface area contributed by atoms with Crippen LogP contribution in [0.3, 0.4) is 0 Å². The lowest BCUT2D eigenvalue weighted by Gasteiger charge is -2.11. The Morgan fingerprint density at radius 2 is 1.48 bits per heavy atom. The number of nitrogens with zero attached hydrogens (tertiary/aromatic N) is 1. The molecule has 0 atom stereocenters. The van der Waals surface area contributed by atoms with Crippen molar-refractivity contribution in [3.8, 4) is 11.3 Å². The van der Waals surface area contributed by atoms with E-state index in [-0.39, 0.29) is 0 Å². The number of aryl methyl sites for hydroxylation is 1. The fraction of sp³-hybridized carbons (Fsp3) is 0.0500. The highest BCUT2D eigenvalue weighted by Gasteiger charge is 2.09. The number of fused-ring (bicyclic) bond motifs is 3. The van der Waals surface area contributed by atoms with Crippen LogP contribution in [0.4, 0.5) is 0 Å². The van der Waals surface area contributed by atoms with Crippen LogP contribution in [0.2, 0.25) is 0 Å². The lowest BCUT2D eigenvalue weighted by Crippen LogP contribution is -1.90. The largest absolute Gasteiger partial charge is 0.255 e. The van der Waals surface area contributed by atoms with Gasteiger partial charge < -0.3 is 0 Å². The van der Waals surface area contributed by atoms with Crippen molar-refractivity contribution in [3.63, 3.8) is 0 Å². The van der Waals surface area contributed by atoms with Crippen LogP contribution in [0.1, 0.15) is 5.56 Å². The van der Waals surface area contributed by atoms with Crippen LogP contribution < -0.4 is 0 Å². The third-order valence-corrected chi connectivity index (χ3v) is 4.01. The minimum atomic E-state index is 1.06. The van der Waals surface area contributed by atoms with Crippen molar-refractivity contribution in [1.29, 1.82) is 0 Å². The summed E-state index contributed by atoms with van der Waals surface area (Å²) in [4.78, 5) is 4.68. The predicted molar refractivity (Wildman–Crippen MR) is 89.4 cm³/mol. The van der Waals surface area contributed by atoms with Crippen LogP contribution in [0.25, 0.3) is 32.8 Å². The number of aromatic nitrogens is 1. The highest BCUT2D eigenvalue weighted by atomic mass is 14.7. The summed E-state index contributed by atoms with van der Waals surface area (Å²) in [6.45, 7) is 2.14. The van der Waals surface area contributed by atoms with Gasteiger partial charge in [-0.15, -0.1) is 0 Å². The summed E-state index contributed by atoms with van der Waals surface area (Å²) >= 11 is 0. The molecular weight excluding hydrogens is 254 g/mol. The maximum Gasteiger partial charge on any atom is 0.0780 e. The van der Waals surface area contributed by atoms with Gasteiger partial charge in [-0.1, -0.05) is 66.7 Å². The van der Waals surface area contributed by atoms with Crippen molar-refractivity contribution in [2.75, 3.05) is 0 Å². The van der Waals surface area contributed by atoms with E-state index in [9.17, 15) is 0 Å². The second-order valence-corrected chi connectivity index (χ2v) is 5.37. The van der Waals surface area contributed by atoms with E-state index in [2.05, 4.69) is 72.6 Å². The monoisotopic (exact) mass is 269 g/mol. The molecule has 1 heterocycles. The van der Waals surface area contributed by atoms with Crippen LogP contribution >= 0.6 is 0 Å². The Balaban J connectivity index is 2.16. The van der Waals surface area contributed by atoms with E-state index in [1.165, 1.54) is 27.1 Å². The minimum absolute atomic E-state index is 1.06. The zero-order chi connectivity index (χ0) is 14.2. The normalized spacial score (nSPS) is 11.1. The third-order valence-electron chi connectivity index (χ3n) is 4.01. The highest BCUT2D eigenvalue weighted by molar-refractivity contribution is 6.12. The summed E-state index contributed by atoms with van der Waals surface area (Å²) in [5.41, 5.74) is 3.45. The highest BCUT2D eigenvalue weighted by Crippen LogP contribution is 2.33. The quantitative estimate of drug-likeness (QED) is 0.424. The maximum absolute atomic E-state index is 4.68. The van der Waals surface area contributed by atoms with Crippen molar-refractivity contribution in [1.82, 2.24) is 4.98 Å². The topological polar surface area (TPSA) is 12.9 Å². The maximum atomic E-state index is 4.68. The molecule has 4 aromatic rings. The molecule has 0 aliphatic heterocycles. The van der Waals surface area contributed by atoms with Gasteiger partial charge >= 0.3 is 0 Å². The summed E-state index contributed by atoms with van der Waals surface area (Å²) in [5.74, 6) is 0. The number of benzene rings is 3. The molecule has 0 aliphatic rings. The van der Waals surface area contributed by atoms with Crippen LogP contribution in [0.5, 0.6) is 0 Å². The molecule has 0 radical (unpaired) electrons. The van der Waals surface area contributed by atoms with E-state index in [1.54, 1.807) is 0 Å². The van der Waals surface area contributed by atoms with Crippen molar-refractivity contribution < 1.29 is 0 Å². The van der Waals surface area contributed by atoms with Gasteiger partial charge in [0.1, 0.15) is 0 Å². The van der Waals surface area contributed by atoms with Crippen LogP contribution in [-0.4, -0.2) is 4.98 Å². The lowest BCUT2D eigenvalue weighted by atomic mass is 9.96. The molecule has 0 saturated carbocycles. The van der Waals surface area contributed by atoms with Gasteiger partial charge in [-0.2, -0.15) is 0 Å². The van der Waals surface area contributed by atoms with E-state index in [4.69, 9.17) is 0 Å². The van der Waals surface area contributed by atoms with Crippen molar-refractivity contribution in [3.05, 3.63) is 78.5 Å². The third kappa shape index (κ3) is 1.90. The second kappa shape index (κ2) is 4.71. The Kier molecular flexibility index (Phi) is 2.71. The first kappa shape index (κ1) is 12.1. The molecule has 3 aromatic carbocycles. The zero-order valence-corrected chi connectivity index (χ0v) is 11.9. The second-order valence-electron chi connectivity index (χ2n) is 5.37. The van der Waals surface area contributed by atoms with E-state index in [0.29, 0.717) is 0 Å². The van der Waals surface area contributed by atoms with Crippen LogP contribution in [-0.2, 0) is 0 Å². The summed E-state index contributed by atoms with van der Waals surface area (Å²) in [6, 6.07) is 23.3. The number of hydrogen-bond donors (Lipinski definition) is 0. The molecule has 1 nitrogen and oxygen atoms in total. The molecule has 0 aliphatic carbocycles. The standard InChI is InChI=1S/C20H15N/c1-14-13-21-20(16-8-3-2-4-9-16)18-12-11-15-7-5-6-10-17(15)19(14)18/h2-13H,1H3. The summed E-state index contributed by atoms with van der Waals surface area (Å²) in [5, 5.41) is 5.10. The van der Waals surface area contributed by atoms with Crippen LogP contribution in [0.15, 0.2) is 72.9 Å². The first-order valence-electron chi connectivity index (χ1n) is 7.17. The average Bonchev–Trinajstić information content (AvgIpc) is 2.55. The summed E-state index contributed by atoms with van der Waals surface area (Å²) < 4.78 is 0. The predicted octanol–water partition coefficient (Wildman–Crippen LogP) is 5.36. The molecule has 4 rings (SSSR count). The number of rotatable bonds is 1. The van der Waals surface area contributed by atoms with Gasteiger partial charge in [-0.3, -0.25) is 4.98 Å². The molecule has 0 amide bonds. The lowest BCUT2D eigenvalue weighted by molar-refractivity contribution is 1.31. The first-order valence-corrected chi connectivity index (χ1v) is 7.17. The van der Waals surface area contributed by atoms with E-state index < -0.39 is 0 Å². The number of pyridine rings is 1. The van der Waals surface area contributed by atoms with Crippen LogP contribution in [0, 0.1) is 6.92 Å². The smallest absolute Gasteiger partial charge is 0.0780 e. The molecule has 0 saturated heterocycles. The summed E-state index contributed by atoms with van der Waals surface area (Å²) in [7, 11) is 0. The molecule has 0 fully saturated rings. The van der Waals surface area contributed by atoms with Gasteiger partial charge in [0.05, 0.1) is 5.69 Å². The molecule has 21 heavy (non-hydrogen) atoms. The Hall–Kier alpha value is -2.67. The molecule has 100 valence electrons. The van der Waals surface area contributed by atoms with Gasteiger partial charge in [0.15, 0.2) is 0 Å². The minimum Gasteiger partial charge on any atom is -0.255 e. The average molecular weight is 269 g/mol. The van der Waals surface area contributed by atoms with E-state index in [1.807, 2.05) is 12.3 Å². The molecule has 1 heteroatoms. The Bertz CT molecular complexity index is 940. The Morgan fingerprint density at radius 3 is 2.33 bits per heavy atom. The molecule has 0 bridgehead atoms. The fourth-order valence-corrected chi connectivity index (χ4v) is 3.02. The Morgan fingerprint density at radius 1 is 0.714 bits per heavy atom. The summed E-state index contributed by atoms with van der Waals surface area (Å²) in [6.07, 6.45) is 1.98. The van der Waals surface area contributed by atoms with Gasteiger partial charge in [-0.25, -0.2) is 0 Å². The SMILES string of the molecule is Cc1cnc(-c2ccccc2)c2ccc3ccccc3c12. The molecule has 0 spiro atoms. The molecule has 0 N–H and O–H groups in total. The van der Waals surface area contributed by atoms with Gasteiger partial charge in [0.25, 0.3) is 0 Å². The molecule has 1 aromatic heterocycles. The first-order chi connectivity index (χ1) is 10.3. The Labute approximate surface area is 123 Å². The number of hydrogen-bond acceptors (Lipinski definition) is 1. The molecular formula is C20H15N. The van der Waals surface area contributed by atoms with E-state index in [0.717, 1.165) is 11.3 Å². The van der Waals surface area contributed by atoms with Crippen molar-refractivity contribution in [2.24, 2.45) is 0 Å². The van der Waals surface area contributed by atoms with Gasteiger partial charge in [-0.05, 0) is 28.6 Å². The van der Waals surface area contributed by atoms with Crippen molar-refractivity contribution in [2.45, 2.75) is 6.92 Å².